The summed E-state index contributed by atoms with van der Waals surface area (Å²) in [7, 11) is 0. The van der Waals surface area contributed by atoms with Crippen LogP contribution in [0.15, 0.2) is 10.9 Å². The minimum atomic E-state index is -0.0511. The highest BCUT2D eigenvalue weighted by Crippen LogP contribution is 2.30. The molecule has 0 saturated carbocycles. The Morgan fingerprint density at radius 2 is 2.12 bits per heavy atom. The molecule has 4 nitrogen and oxygen atoms in total. The largest absolute Gasteiger partial charge is 0.369 e. The first-order valence-electron chi connectivity index (χ1n) is 5.79. The van der Waals surface area contributed by atoms with E-state index in [0.717, 1.165) is 30.0 Å². The predicted molar refractivity (Wildman–Crippen MR) is 65.9 cm³/mol. The second kappa shape index (κ2) is 3.94. The molecule has 1 aromatic rings. The summed E-state index contributed by atoms with van der Waals surface area (Å²) >= 11 is 0. The number of aromatic nitrogens is 1. The molecule has 1 atom stereocenters. The van der Waals surface area contributed by atoms with Gasteiger partial charge in [-0.2, -0.15) is 0 Å². The van der Waals surface area contributed by atoms with Gasteiger partial charge >= 0.3 is 0 Å². The number of pyridine rings is 1. The van der Waals surface area contributed by atoms with Crippen LogP contribution in [-0.2, 0) is 6.54 Å². The standard InChI is InChI=1S/C12H19N3O/c1-7(2)9-6-10(16)15-5-4-14-12(15)11(9)8(3)13/h6-8,14H,4-5,13H2,1-3H3. The minimum Gasteiger partial charge on any atom is -0.369 e. The molecule has 3 N–H and O–H groups in total. The maximum absolute atomic E-state index is 11.9. The van der Waals surface area contributed by atoms with Crippen LogP contribution in [-0.4, -0.2) is 11.1 Å². The van der Waals surface area contributed by atoms with Crippen LogP contribution in [0.4, 0.5) is 5.82 Å². The van der Waals surface area contributed by atoms with E-state index in [-0.39, 0.29) is 11.6 Å². The molecule has 0 amide bonds. The Morgan fingerprint density at radius 1 is 1.44 bits per heavy atom. The van der Waals surface area contributed by atoms with Crippen LogP contribution in [0.1, 0.15) is 43.9 Å². The molecule has 1 aliphatic heterocycles. The first-order chi connectivity index (χ1) is 7.52. The van der Waals surface area contributed by atoms with Crippen LogP contribution in [0.3, 0.4) is 0 Å². The molecule has 0 fully saturated rings. The maximum atomic E-state index is 11.9. The average molecular weight is 221 g/mol. The number of anilines is 1. The SMILES string of the molecule is CC(C)c1cc(=O)n2c(c1C(C)N)NCC2. The lowest BCUT2D eigenvalue weighted by molar-refractivity contribution is 0.719. The Morgan fingerprint density at radius 3 is 2.69 bits per heavy atom. The molecule has 0 aromatic carbocycles. The van der Waals surface area contributed by atoms with Gasteiger partial charge in [0.25, 0.3) is 5.56 Å². The molecule has 4 heteroatoms. The van der Waals surface area contributed by atoms with E-state index in [1.807, 2.05) is 6.92 Å². The molecular weight excluding hydrogens is 202 g/mol. The third-order valence-corrected chi connectivity index (χ3v) is 3.09. The van der Waals surface area contributed by atoms with Crippen LogP contribution < -0.4 is 16.6 Å². The van der Waals surface area contributed by atoms with Crippen molar-refractivity contribution in [3.05, 3.63) is 27.5 Å². The number of hydrogen-bond acceptors (Lipinski definition) is 3. The number of fused-ring (bicyclic) bond motifs is 1. The van der Waals surface area contributed by atoms with E-state index >= 15 is 0 Å². The van der Waals surface area contributed by atoms with E-state index in [1.165, 1.54) is 0 Å². The van der Waals surface area contributed by atoms with Crippen LogP contribution >= 0.6 is 0 Å². The quantitative estimate of drug-likeness (QED) is 0.794. The first-order valence-corrected chi connectivity index (χ1v) is 5.79. The van der Waals surface area contributed by atoms with Gasteiger partial charge in [0.1, 0.15) is 5.82 Å². The van der Waals surface area contributed by atoms with Crippen molar-refractivity contribution in [3.8, 4) is 0 Å². The molecule has 88 valence electrons. The molecule has 1 aromatic heterocycles. The zero-order chi connectivity index (χ0) is 11.9. The van der Waals surface area contributed by atoms with Crippen molar-refractivity contribution in [2.75, 3.05) is 11.9 Å². The van der Waals surface area contributed by atoms with Gasteiger partial charge in [0.2, 0.25) is 0 Å². The van der Waals surface area contributed by atoms with Crippen molar-refractivity contribution in [1.82, 2.24) is 4.57 Å². The molecule has 0 bridgehead atoms. The van der Waals surface area contributed by atoms with Gasteiger partial charge in [-0.05, 0) is 18.4 Å². The normalized spacial score (nSPS) is 16.1. The van der Waals surface area contributed by atoms with E-state index in [0.29, 0.717) is 5.92 Å². The Hall–Kier alpha value is -1.29. The number of nitrogens with zero attached hydrogens (tertiary/aromatic N) is 1. The van der Waals surface area contributed by atoms with Gasteiger partial charge < -0.3 is 11.1 Å². The van der Waals surface area contributed by atoms with Gasteiger partial charge in [-0.25, -0.2) is 0 Å². The number of hydrogen-bond donors (Lipinski definition) is 2. The lowest BCUT2D eigenvalue weighted by Crippen LogP contribution is -2.22. The molecule has 0 aliphatic carbocycles. The number of nitrogens with one attached hydrogen (secondary N) is 1. The fourth-order valence-electron chi connectivity index (χ4n) is 2.34. The van der Waals surface area contributed by atoms with Crippen molar-refractivity contribution in [3.63, 3.8) is 0 Å². The van der Waals surface area contributed by atoms with Gasteiger partial charge in [-0.15, -0.1) is 0 Å². The molecule has 0 radical (unpaired) electrons. The molecule has 2 rings (SSSR count). The van der Waals surface area contributed by atoms with Gasteiger partial charge in [-0.3, -0.25) is 9.36 Å². The number of nitrogens with two attached hydrogens (primary N) is 1. The molecule has 1 unspecified atom stereocenters. The maximum Gasteiger partial charge on any atom is 0.252 e. The van der Waals surface area contributed by atoms with Crippen molar-refractivity contribution in [2.45, 2.75) is 39.3 Å². The fraction of sp³-hybridized carbons (Fsp3) is 0.583. The van der Waals surface area contributed by atoms with Gasteiger partial charge in [0.15, 0.2) is 0 Å². The van der Waals surface area contributed by atoms with Crippen LogP contribution in [0.5, 0.6) is 0 Å². The van der Waals surface area contributed by atoms with Crippen molar-refractivity contribution < 1.29 is 0 Å². The highest BCUT2D eigenvalue weighted by molar-refractivity contribution is 5.54. The van der Waals surface area contributed by atoms with E-state index < -0.39 is 0 Å². The van der Waals surface area contributed by atoms with Crippen LogP contribution in [0.2, 0.25) is 0 Å². The summed E-state index contributed by atoms with van der Waals surface area (Å²) in [6.07, 6.45) is 0. The summed E-state index contributed by atoms with van der Waals surface area (Å²) in [5.41, 5.74) is 8.26. The second-order valence-electron chi connectivity index (χ2n) is 4.72. The van der Waals surface area contributed by atoms with E-state index in [9.17, 15) is 4.79 Å². The van der Waals surface area contributed by atoms with Crippen molar-refractivity contribution in [1.29, 1.82) is 0 Å². The summed E-state index contributed by atoms with van der Waals surface area (Å²) in [5, 5.41) is 3.27. The lowest BCUT2D eigenvalue weighted by Gasteiger charge is -2.19. The van der Waals surface area contributed by atoms with Crippen LogP contribution in [0, 0.1) is 0 Å². The molecule has 2 heterocycles. The highest BCUT2D eigenvalue weighted by Gasteiger charge is 2.22. The van der Waals surface area contributed by atoms with Gasteiger partial charge in [0.05, 0.1) is 0 Å². The summed E-state index contributed by atoms with van der Waals surface area (Å²) in [4.78, 5) is 11.9. The van der Waals surface area contributed by atoms with Crippen molar-refractivity contribution >= 4 is 5.82 Å². The van der Waals surface area contributed by atoms with E-state index in [1.54, 1.807) is 10.6 Å². The molecular formula is C12H19N3O. The first kappa shape index (κ1) is 11.2. The smallest absolute Gasteiger partial charge is 0.252 e. The predicted octanol–water partition coefficient (Wildman–Crippen LogP) is 1.42. The Bertz CT molecular complexity index is 460. The van der Waals surface area contributed by atoms with Gasteiger partial charge in [0, 0.05) is 30.8 Å². The Balaban J connectivity index is 2.72. The summed E-state index contributed by atoms with van der Waals surface area (Å²) in [5.74, 6) is 1.24. The van der Waals surface area contributed by atoms with Gasteiger partial charge in [-0.1, -0.05) is 13.8 Å². The zero-order valence-corrected chi connectivity index (χ0v) is 10.1. The summed E-state index contributed by atoms with van der Waals surface area (Å²) < 4.78 is 1.78. The lowest BCUT2D eigenvalue weighted by atomic mass is 9.94. The van der Waals surface area contributed by atoms with Crippen molar-refractivity contribution in [2.24, 2.45) is 5.73 Å². The highest BCUT2D eigenvalue weighted by atomic mass is 16.1. The average Bonchev–Trinajstić information content (AvgIpc) is 2.65. The third kappa shape index (κ3) is 1.63. The van der Waals surface area contributed by atoms with E-state index in [4.69, 9.17) is 5.73 Å². The third-order valence-electron chi connectivity index (χ3n) is 3.09. The summed E-state index contributed by atoms with van der Waals surface area (Å²) in [6.45, 7) is 7.70. The summed E-state index contributed by atoms with van der Waals surface area (Å²) in [6, 6.07) is 1.68. The molecule has 1 aliphatic rings. The molecule has 0 spiro atoms. The Kier molecular flexibility index (Phi) is 2.76. The second-order valence-corrected chi connectivity index (χ2v) is 4.72. The monoisotopic (exact) mass is 221 g/mol. The number of rotatable bonds is 2. The Labute approximate surface area is 95.5 Å². The molecule has 0 saturated heterocycles. The fourth-order valence-corrected chi connectivity index (χ4v) is 2.34. The zero-order valence-electron chi connectivity index (χ0n) is 10.1. The van der Waals surface area contributed by atoms with E-state index in [2.05, 4.69) is 19.2 Å². The topological polar surface area (TPSA) is 60.0 Å². The van der Waals surface area contributed by atoms with Crippen LogP contribution in [0.25, 0.3) is 0 Å². The molecule has 16 heavy (non-hydrogen) atoms. The minimum absolute atomic E-state index is 0.0511.